The third kappa shape index (κ3) is 2.17. The summed E-state index contributed by atoms with van der Waals surface area (Å²) < 4.78 is 0. The molecule has 1 heterocycles. The third-order valence-corrected chi connectivity index (χ3v) is 3.84. The first-order valence-corrected chi connectivity index (χ1v) is 6.03. The molecule has 1 saturated heterocycles. The maximum absolute atomic E-state index is 11.2. The molecule has 0 aromatic rings. The summed E-state index contributed by atoms with van der Waals surface area (Å²) in [6.45, 7) is 3.47. The highest BCUT2D eigenvalue weighted by Gasteiger charge is 2.35. The summed E-state index contributed by atoms with van der Waals surface area (Å²) in [5.74, 6) is 0. The van der Waals surface area contributed by atoms with Crippen LogP contribution >= 0.6 is 0 Å². The summed E-state index contributed by atoms with van der Waals surface area (Å²) in [5, 5.41) is 0. The van der Waals surface area contributed by atoms with Crippen LogP contribution in [0.5, 0.6) is 0 Å². The van der Waals surface area contributed by atoms with Gasteiger partial charge >= 0.3 is 0 Å². The van der Waals surface area contributed by atoms with Crippen LogP contribution in [0.15, 0.2) is 0 Å². The van der Waals surface area contributed by atoms with Crippen LogP contribution < -0.4 is 0 Å². The fraction of sp³-hybridized carbons (Fsp3) is 0.917. The summed E-state index contributed by atoms with van der Waals surface area (Å²) >= 11 is 0. The molecule has 2 aliphatic rings. The molecule has 0 atom stereocenters. The van der Waals surface area contributed by atoms with E-state index in [1.807, 2.05) is 0 Å². The van der Waals surface area contributed by atoms with Crippen LogP contribution in [-0.2, 0) is 4.79 Å². The smallest absolute Gasteiger partial charge is 0.127 e. The number of hydrogen-bond donors (Lipinski definition) is 0. The van der Waals surface area contributed by atoms with Gasteiger partial charge in [0.25, 0.3) is 0 Å². The summed E-state index contributed by atoms with van der Waals surface area (Å²) in [5.41, 5.74) is 0.0390. The van der Waals surface area contributed by atoms with Gasteiger partial charge in [0, 0.05) is 12.0 Å². The molecule has 1 aliphatic heterocycles. The van der Waals surface area contributed by atoms with Gasteiger partial charge in [-0.1, -0.05) is 19.3 Å². The molecular weight excluding hydrogens is 174 g/mol. The number of rotatable bonds is 3. The molecule has 2 heteroatoms. The lowest BCUT2D eigenvalue weighted by atomic mass is 9.87. The standard InChI is InChI=1S/C12H21NO/c14-11-12(6-2-3-7-12)10-13-8-4-1-5-9-13/h11H,1-10H2. The van der Waals surface area contributed by atoms with Crippen LogP contribution in [-0.4, -0.2) is 30.8 Å². The zero-order chi connectivity index (χ0) is 9.86. The fourth-order valence-electron chi connectivity index (χ4n) is 2.96. The Morgan fingerprint density at radius 2 is 1.64 bits per heavy atom. The second-order valence-electron chi connectivity index (χ2n) is 5.02. The van der Waals surface area contributed by atoms with Gasteiger partial charge in [-0.15, -0.1) is 0 Å². The molecule has 0 spiro atoms. The lowest BCUT2D eigenvalue weighted by Gasteiger charge is -2.33. The molecule has 14 heavy (non-hydrogen) atoms. The topological polar surface area (TPSA) is 20.3 Å². The molecule has 1 saturated carbocycles. The average Bonchev–Trinajstić information content (AvgIpc) is 2.69. The Bertz CT molecular complexity index is 190. The minimum atomic E-state index is 0.0390. The Hall–Kier alpha value is -0.370. The number of aldehydes is 1. The molecule has 2 fully saturated rings. The second-order valence-corrected chi connectivity index (χ2v) is 5.02. The van der Waals surface area contributed by atoms with E-state index in [1.54, 1.807) is 0 Å². The number of likely N-dealkylation sites (tertiary alicyclic amines) is 1. The molecule has 0 radical (unpaired) electrons. The van der Waals surface area contributed by atoms with Crippen molar-refractivity contribution in [1.29, 1.82) is 0 Å². The highest BCUT2D eigenvalue weighted by molar-refractivity contribution is 5.60. The molecule has 2 nitrogen and oxygen atoms in total. The van der Waals surface area contributed by atoms with Crippen molar-refractivity contribution in [2.24, 2.45) is 5.41 Å². The van der Waals surface area contributed by atoms with Crippen LogP contribution in [0.1, 0.15) is 44.9 Å². The predicted octanol–water partition coefficient (Wildman–Crippen LogP) is 2.23. The van der Waals surface area contributed by atoms with E-state index in [2.05, 4.69) is 4.90 Å². The molecule has 0 unspecified atom stereocenters. The molecule has 2 rings (SSSR count). The first kappa shape index (κ1) is 10.2. The van der Waals surface area contributed by atoms with Gasteiger partial charge in [-0.3, -0.25) is 0 Å². The Labute approximate surface area is 86.7 Å². The van der Waals surface area contributed by atoms with Crippen LogP contribution in [0.25, 0.3) is 0 Å². The summed E-state index contributed by atoms with van der Waals surface area (Å²) in [4.78, 5) is 13.7. The maximum atomic E-state index is 11.2. The van der Waals surface area contributed by atoms with Crippen molar-refractivity contribution in [3.05, 3.63) is 0 Å². The van der Waals surface area contributed by atoms with Gasteiger partial charge < -0.3 is 9.69 Å². The number of hydrogen-bond acceptors (Lipinski definition) is 2. The average molecular weight is 195 g/mol. The van der Waals surface area contributed by atoms with Gasteiger partial charge in [0.05, 0.1) is 0 Å². The van der Waals surface area contributed by atoms with Crippen LogP contribution in [0.2, 0.25) is 0 Å². The van der Waals surface area contributed by atoms with Crippen molar-refractivity contribution in [2.45, 2.75) is 44.9 Å². The fourth-order valence-corrected chi connectivity index (χ4v) is 2.96. The first-order chi connectivity index (χ1) is 6.85. The summed E-state index contributed by atoms with van der Waals surface area (Å²) in [6.07, 6.45) is 10.1. The van der Waals surface area contributed by atoms with E-state index < -0.39 is 0 Å². The van der Waals surface area contributed by atoms with Gasteiger partial charge in [0.1, 0.15) is 6.29 Å². The van der Waals surface area contributed by atoms with Crippen LogP contribution in [0, 0.1) is 5.41 Å². The minimum absolute atomic E-state index is 0.0390. The zero-order valence-corrected chi connectivity index (χ0v) is 9.00. The van der Waals surface area contributed by atoms with Crippen molar-refractivity contribution in [1.82, 2.24) is 4.90 Å². The molecule has 0 N–H and O–H groups in total. The van der Waals surface area contributed by atoms with Crippen molar-refractivity contribution in [2.75, 3.05) is 19.6 Å². The molecule has 0 aromatic heterocycles. The largest absolute Gasteiger partial charge is 0.303 e. The van der Waals surface area contributed by atoms with Crippen molar-refractivity contribution in [3.8, 4) is 0 Å². The lowest BCUT2D eigenvalue weighted by Crippen LogP contribution is -2.40. The first-order valence-electron chi connectivity index (χ1n) is 6.03. The zero-order valence-electron chi connectivity index (χ0n) is 9.00. The number of carbonyl (C=O) groups excluding carboxylic acids is 1. The van der Waals surface area contributed by atoms with Gasteiger partial charge in [0.2, 0.25) is 0 Å². The van der Waals surface area contributed by atoms with E-state index in [-0.39, 0.29) is 5.41 Å². The third-order valence-electron chi connectivity index (χ3n) is 3.84. The van der Waals surface area contributed by atoms with Crippen LogP contribution in [0.4, 0.5) is 0 Å². The van der Waals surface area contributed by atoms with Crippen molar-refractivity contribution < 1.29 is 4.79 Å². The number of nitrogens with zero attached hydrogens (tertiary/aromatic N) is 1. The van der Waals surface area contributed by atoms with E-state index in [9.17, 15) is 4.79 Å². The van der Waals surface area contributed by atoms with Gasteiger partial charge in [-0.05, 0) is 38.8 Å². The SMILES string of the molecule is O=CC1(CN2CCCCC2)CCCC1. The highest BCUT2D eigenvalue weighted by Crippen LogP contribution is 2.37. The van der Waals surface area contributed by atoms with E-state index >= 15 is 0 Å². The Kier molecular flexibility index (Phi) is 3.22. The highest BCUT2D eigenvalue weighted by atomic mass is 16.1. The van der Waals surface area contributed by atoms with Gasteiger partial charge in [-0.25, -0.2) is 0 Å². The maximum Gasteiger partial charge on any atom is 0.127 e. The van der Waals surface area contributed by atoms with E-state index in [0.717, 1.165) is 19.4 Å². The Balaban J connectivity index is 1.89. The van der Waals surface area contributed by atoms with Gasteiger partial charge in [-0.2, -0.15) is 0 Å². The Morgan fingerprint density at radius 1 is 1.00 bits per heavy atom. The quantitative estimate of drug-likeness (QED) is 0.644. The van der Waals surface area contributed by atoms with E-state index in [4.69, 9.17) is 0 Å². The number of carbonyl (C=O) groups is 1. The monoisotopic (exact) mass is 195 g/mol. The molecule has 0 aromatic carbocycles. The molecule has 1 aliphatic carbocycles. The Morgan fingerprint density at radius 3 is 2.21 bits per heavy atom. The summed E-state index contributed by atoms with van der Waals surface area (Å²) in [7, 11) is 0. The van der Waals surface area contributed by atoms with Gasteiger partial charge in [0.15, 0.2) is 0 Å². The minimum Gasteiger partial charge on any atom is -0.303 e. The molecule has 80 valence electrons. The van der Waals surface area contributed by atoms with E-state index in [1.165, 1.54) is 51.5 Å². The lowest BCUT2D eigenvalue weighted by molar-refractivity contribution is -0.117. The molecule has 0 bridgehead atoms. The van der Waals surface area contributed by atoms with Crippen molar-refractivity contribution in [3.63, 3.8) is 0 Å². The van der Waals surface area contributed by atoms with E-state index in [0.29, 0.717) is 0 Å². The summed E-state index contributed by atoms with van der Waals surface area (Å²) in [6, 6.07) is 0. The molecule has 0 amide bonds. The number of piperidine rings is 1. The second kappa shape index (κ2) is 4.43. The van der Waals surface area contributed by atoms with Crippen molar-refractivity contribution >= 4 is 6.29 Å². The molecular formula is C12H21NO. The normalized spacial score (nSPS) is 27.7. The predicted molar refractivity (Wildman–Crippen MR) is 57.3 cm³/mol. The van der Waals surface area contributed by atoms with Crippen LogP contribution in [0.3, 0.4) is 0 Å².